The molecule has 0 aliphatic carbocycles. The number of carboxylic acid groups (broad SMARTS) is 1. The lowest BCUT2D eigenvalue weighted by molar-refractivity contribution is -0.120. The molecule has 1 aliphatic rings. The lowest BCUT2D eigenvalue weighted by Gasteiger charge is -2.34. The van der Waals surface area contributed by atoms with Gasteiger partial charge in [-0.3, -0.25) is 4.79 Å². The fourth-order valence-corrected chi connectivity index (χ4v) is 4.79. The van der Waals surface area contributed by atoms with Crippen LogP contribution in [0.4, 0.5) is 5.69 Å². The van der Waals surface area contributed by atoms with E-state index >= 15 is 0 Å². The normalized spacial score (nSPS) is 15.5. The summed E-state index contributed by atoms with van der Waals surface area (Å²) < 4.78 is 5.60. The van der Waals surface area contributed by atoms with E-state index < -0.39 is 17.8 Å². The van der Waals surface area contributed by atoms with Gasteiger partial charge in [0.2, 0.25) is 5.91 Å². The molecule has 0 spiro atoms. The lowest BCUT2D eigenvalue weighted by atomic mass is 9.76. The second-order valence-corrected chi connectivity index (χ2v) is 8.75. The summed E-state index contributed by atoms with van der Waals surface area (Å²) in [6.45, 7) is 10.1. The number of amides is 1. The van der Waals surface area contributed by atoms with E-state index in [0.29, 0.717) is 18.6 Å². The Labute approximate surface area is 196 Å². The van der Waals surface area contributed by atoms with Crippen molar-refractivity contribution in [3.8, 4) is 5.75 Å². The number of carbonyl (C=O) groups excluding carboxylic acids is 1. The van der Waals surface area contributed by atoms with Crippen LogP contribution in [0.5, 0.6) is 5.75 Å². The van der Waals surface area contributed by atoms with Crippen molar-refractivity contribution in [2.75, 3.05) is 24.6 Å². The summed E-state index contributed by atoms with van der Waals surface area (Å²) in [4.78, 5) is 26.9. The fraction of sp³-hybridized carbons (Fsp3) is 0.407. The standard InChI is InChI=1S/C27H34N2O4/c1-4-33-24-17-19(12-13-21(24)27(31)32)25(26(28)30)22(16-18(2)3)20-10-6-7-11-23(20)29-14-8-5-9-15-29/h6-7,10-13,17,22,25H,2,4-5,8-9,14-16H2,1,3H3,(H2,28,30)(H,31,32). The van der Waals surface area contributed by atoms with Crippen molar-refractivity contribution < 1.29 is 19.4 Å². The monoisotopic (exact) mass is 450 g/mol. The van der Waals surface area contributed by atoms with Crippen molar-refractivity contribution in [2.45, 2.75) is 51.4 Å². The summed E-state index contributed by atoms with van der Waals surface area (Å²) in [7, 11) is 0. The lowest BCUT2D eigenvalue weighted by Crippen LogP contribution is -2.32. The van der Waals surface area contributed by atoms with Crippen LogP contribution in [0.3, 0.4) is 0 Å². The predicted molar refractivity (Wildman–Crippen MR) is 131 cm³/mol. The van der Waals surface area contributed by atoms with Crippen LogP contribution < -0.4 is 15.4 Å². The highest BCUT2D eigenvalue weighted by Crippen LogP contribution is 2.43. The van der Waals surface area contributed by atoms with Gasteiger partial charge in [0.05, 0.1) is 12.5 Å². The molecule has 0 aromatic heterocycles. The molecule has 6 heteroatoms. The zero-order valence-electron chi connectivity index (χ0n) is 19.5. The minimum absolute atomic E-state index is 0.0639. The van der Waals surface area contributed by atoms with Crippen LogP contribution in [0, 0.1) is 0 Å². The molecule has 176 valence electrons. The summed E-state index contributed by atoms with van der Waals surface area (Å²) >= 11 is 0. The minimum atomic E-state index is -1.07. The SMILES string of the molecule is C=C(C)CC(c1ccccc1N1CCCCC1)C(C(N)=O)c1ccc(C(=O)O)c(OCC)c1. The largest absolute Gasteiger partial charge is 0.493 e. The maximum absolute atomic E-state index is 12.9. The van der Waals surface area contributed by atoms with Crippen molar-refractivity contribution in [3.63, 3.8) is 0 Å². The second kappa shape index (κ2) is 11.0. The first-order valence-corrected chi connectivity index (χ1v) is 11.6. The highest BCUT2D eigenvalue weighted by atomic mass is 16.5. The minimum Gasteiger partial charge on any atom is -0.493 e. The summed E-state index contributed by atoms with van der Waals surface area (Å²) in [6, 6.07) is 13.0. The topological polar surface area (TPSA) is 92.9 Å². The summed E-state index contributed by atoms with van der Waals surface area (Å²) in [5.74, 6) is -2.18. The zero-order valence-corrected chi connectivity index (χ0v) is 19.5. The van der Waals surface area contributed by atoms with E-state index in [0.717, 1.165) is 42.8 Å². The van der Waals surface area contributed by atoms with Gasteiger partial charge in [-0.05, 0) is 68.9 Å². The number of anilines is 1. The highest BCUT2D eigenvalue weighted by Gasteiger charge is 2.33. The van der Waals surface area contributed by atoms with Crippen LogP contribution in [0.1, 0.15) is 72.9 Å². The number of nitrogens with zero attached hydrogens (tertiary/aromatic N) is 1. The van der Waals surface area contributed by atoms with E-state index in [1.54, 1.807) is 19.1 Å². The number of piperidine rings is 1. The van der Waals surface area contributed by atoms with E-state index in [9.17, 15) is 14.7 Å². The van der Waals surface area contributed by atoms with Gasteiger partial charge in [0, 0.05) is 24.7 Å². The molecule has 2 aromatic carbocycles. The Kier molecular flexibility index (Phi) is 8.15. The third-order valence-electron chi connectivity index (χ3n) is 6.21. The third kappa shape index (κ3) is 5.75. The van der Waals surface area contributed by atoms with Crippen molar-refractivity contribution in [3.05, 3.63) is 71.3 Å². The predicted octanol–water partition coefficient (Wildman–Crippen LogP) is 5.09. The van der Waals surface area contributed by atoms with Crippen molar-refractivity contribution >= 4 is 17.6 Å². The molecule has 1 amide bonds. The quantitative estimate of drug-likeness (QED) is 0.492. The number of hydrogen-bond donors (Lipinski definition) is 2. The van der Waals surface area contributed by atoms with Crippen molar-refractivity contribution in [1.82, 2.24) is 0 Å². The number of para-hydroxylation sites is 1. The average Bonchev–Trinajstić information content (AvgIpc) is 2.79. The van der Waals surface area contributed by atoms with Gasteiger partial charge < -0.3 is 20.5 Å². The first kappa shape index (κ1) is 24.4. The maximum atomic E-state index is 12.9. The first-order valence-electron chi connectivity index (χ1n) is 11.6. The van der Waals surface area contributed by atoms with Crippen molar-refractivity contribution in [1.29, 1.82) is 0 Å². The molecular formula is C27H34N2O4. The number of allylic oxidation sites excluding steroid dienone is 1. The Hall–Kier alpha value is -3.28. The fourth-order valence-electron chi connectivity index (χ4n) is 4.79. The summed E-state index contributed by atoms with van der Waals surface area (Å²) in [5.41, 5.74) is 9.85. The molecule has 33 heavy (non-hydrogen) atoms. The van der Waals surface area contributed by atoms with E-state index in [1.807, 2.05) is 19.1 Å². The van der Waals surface area contributed by atoms with Crippen LogP contribution in [0.2, 0.25) is 0 Å². The molecule has 3 rings (SSSR count). The second-order valence-electron chi connectivity index (χ2n) is 8.75. The molecule has 0 bridgehead atoms. The van der Waals surface area contributed by atoms with Gasteiger partial charge in [-0.15, -0.1) is 6.58 Å². The Morgan fingerprint density at radius 3 is 2.45 bits per heavy atom. The molecule has 1 saturated heterocycles. The number of carbonyl (C=O) groups is 2. The number of ether oxygens (including phenoxy) is 1. The average molecular weight is 451 g/mol. The van der Waals surface area contributed by atoms with Gasteiger partial charge in [0.15, 0.2) is 0 Å². The van der Waals surface area contributed by atoms with Crippen molar-refractivity contribution in [2.24, 2.45) is 5.73 Å². The number of aromatic carboxylic acids is 1. The summed E-state index contributed by atoms with van der Waals surface area (Å²) in [6.07, 6.45) is 4.11. The highest BCUT2D eigenvalue weighted by molar-refractivity contribution is 5.91. The molecule has 1 fully saturated rings. The Bertz CT molecular complexity index is 1010. The molecule has 2 unspecified atom stereocenters. The zero-order chi connectivity index (χ0) is 24.0. The molecule has 2 aromatic rings. The van der Waals surface area contributed by atoms with E-state index in [1.165, 1.54) is 12.5 Å². The summed E-state index contributed by atoms with van der Waals surface area (Å²) in [5, 5.41) is 9.53. The van der Waals surface area contributed by atoms with Gasteiger partial charge in [0.1, 0.15) is 11.3 Å². The Balaban J connectivity index is 2.12. The first-order chi connectivity index (χ1) is 15.8. The number of rotatable bonds is 10. The van der Waals surface area contributed by atoms with Crippen LogP contribution >= 0.6 is 0 Å². The maximum Gasteiger partial charge on any atom is 0.339 e. The molecule has 1 aliphatic heterocycles. The van der Waals surface area contributed by atoms with Gasteiger partial charge in [-0.2, -0.15) is 0 Å². The Morgan fingerprint density at radius 1 is 1.15 bits per heavy atom. The molecule has 0 radical (unpaired) electrons. The van der Waals surface area contributed by atoms with E-state index in [4.69, 9.17) is 10.5 Å². The number of nitrogens with two attached hydrogens (primary N) is 1. The number of hydrogen-bond acceptors (Lipinski definition) is 4. The Morgan fingerprint density at radius 2 is 1.85 bits per heavy atom. The molecule has 3 N–H and O–H groups in total. The number of primary amides is 1. The van der Waals surface area contributed by atoms with E-state index in [-0.39, 0.29) is 17.2 Å². The smallest absolute Gasteiger partial charge is 0.339 e. The molecular weight excluding hydrogens is 416 g/mol. The van der Waals surface area contributed by atoms with Gasteiger partial charge >= 0.3 is 5.97 Å². The number of carboxylic acids is 1. The molecule has 1 heterocycles. The molecule has 0 saturated carbocycles. The molecule has 2 atom stereocenters. The number of benzene rings is 2. The molecule has 6 nitrogen and oxygen atoms in total. The van der Waals surface area contributed by atoms with Gasteiger partial charge in [-0.25, -0.2) is 4.79 Å². The van der Waals surface area contributed by atoms with E-state index in [2.05, 4.69) is 23.6 Å². The van der Waals surface area contributed by atoms with Crippen LogP contribution in [-0.2, 0) is 4.79 Å². The van der Waals surface area contributed by atoms with Crippen LogP contribution in [0.15, 0.2) is 54.6 Å². The van der Waals surface area contributed by atoms with Gasteiger partial charge in [-0.1, -0.05) is 29.8 Å². The van der Waals surface area contributed by atoms with Crippen LogP contribution in [-0.4, -0.2) is 36.7 Å². The van der Waals surface area contributed by atoms with Crippen LogP contribution in [0.25, 0.3) is 0 Å². The third-order valence-corrected chi connectivity index (χ3v) is 6.21. The van der Waals surface area contributed by atoms with Gasteiger partial charge in [0.25, 0.3) is 0 Å².